The van der Waals surface area contributed by atoms with E-state index in [2.05, 4.69) is 81.5 Å². The molecule has 0 heterocycles. The molecule has 0 amide bonds. The Morgan fingerprint density at radius 1 is 0.414 bits per heavy atom. The average molecular weight is 1010 g/mol. The van der Waals surface area contributed by atoms with Gasteiger partial charge in [-0.15, -0.1) is 0 Å². The van der Waals surface area contributed by atoms with Crippen molar-refractivity contribution in [3.05, 3.63) is 60.8 Å². The molecule has 0 saturated carbocycles. The van der Waals surface area contributed by atoms with Gasteiger partial charge in [-0.05, 0) is 83.5 Å². The van der Waals surface area contributed by atoms with Crippen LogP contribution in [-0.4, -0.2) is 66.5 Å². The number of allylic oxidation sites excluding steroid dienone is 10. The molecular formula is C58H103O11P. The third-order valence-corrected chi connectivity index (χ3v) is 12.9. The molecule has 0 fully saturated rings. The third kappa shape index (κ3) is 50.1. The number of esters is 3. The molecular weight excluding hydrogens is 904 g/mol. The second-order valence-corrected chi connectivity index (χ2v) is 20.2. The van der Waals surface area contributed by atoms with E-state index >= 15 is 0 Å². The Balaban J connectivity index is 4.67. The molecule has 0 aromatic carbocycles. The summed E-state index contributed by atoms with van der Waals surface area (Å²) in [5.74, 6) is -1.48. The van der Waals surface area contributed by atoms with Gasteiger partial charge in [-0.25, -0.2) is 4.57 Å². The lowest BCUT2D eigenvalue weighted by molar-refractivity contribution is -0.161. The van der Waals surface area contributed by atoms with Gasteiger partial charge in [0.2, 0.25) is 0 Å². The molecule has 3 atom stereocenters. The van der Waals surface area contributed by atoms with Crippen molar-refractivity contribution >= 4 is 25.7 Å². The van der Waals surface area contributed by atoms with Crippen molar-refractivity contribution < 1.29 is 52.2 Å². The molecule has 0 rings (SSSR count). The van der Waals surface area contributed by atoms with E-state index < -0.39 is 57.8 Å². The number of rotatable bonds is 52. The van der Waals surface area contributed by atoms with Crippen molar-refractivity contribution in [1.29, 1.82) is 0 Å². The molecule has 2 N–H and O–H groups in total. The SMILES string of the molecule is CC/C=C\C/C=C\C/C=C\C/C=C\CCCCCCCCC(=O)OC(COC(=O)CCCCCCCCCCC)COP(=O)(O)OCC(CO)OC(=O)CCCCCCC/C=C\CCCCCCCC. The number of phosphoric acid groups is 1. The topological polar surface area (TPSA) is 155 Å². The first kappa shape index (κ1) is 67.2. The second kappa shape index (κ2) is 52.5. The number of unbranched alkanes of at least 4 members (excludes halogenated alkanes) is 25. The minimum Gasteiger partial charge on any atom is -0.462 e. The Labute approximate surface area is 427 Å². The van der Waals surface area contributed by atoms with E-state index in [4.69, 9.17) is 23.3 Å². The van der Waals surface area contributed by atoms with Gasteiger partial charge in [0.25, 0.3) is 0 Å². The van der Waals surface area contributed by atoms with Crippen LogP contribution in [0.4, 0.5) is 0 Å². The number of aliphatic hydroxyl groups excluding tert-OH is 1. The van der Waals surface area contributed by atoms with Crippen LogP contribution >= 0.6 is 7.82 Å². The molecule has 0 aliphatic rings. The number of ether oxygens (including phenoxy) is 3. The van der Waals surface area contributed by atoms with Gasteiger partial charge in [0.15, 0.2) is 6.10 Å². The minimum atomic E-state index is -4.75. The summed E-state index contributed by atoms with van der Waals surface area (Å²) in [4.78, 5) is 48.4. The number of phosphoric ester groups is 1. The van der Waals surface area contributed by atoms with Gasteiger partial charge in [0.05, 0.1) is 19.8 Å². The van der Waals surface area contributed by atoms with Crippen LogP contribution in [0.1, 0.15) is 252 Å². The van der Waals surface area contributed by atoms with Gasteiger partial charge < -0.3 is 24.2 Å². The fourth-order valence-corrected chi connectivity index (χ4v) is 8.42. The number of carbonyl (C=O) groups is 3. The van der Waals surface area contributed by atoms with Crippen molar-refractivity contribution in [3.8, 4) is 0 Å². The fourth-order valence-electron chi connectivity index (χ4n) is 7.64. The van der Waals surface area contributed by atoms with Crippen LogP contribution in [0.25, 0.3) is 0 Å². The number of carbonyl (C=O) groups excluding carboxylic acids is 3. The zero-order valence-corrected chi connectivity index (χ0v) is 45.6. The molecule has 0 aliphatic heterocycles. The van der Waals surface area contributed by atoms with Gasteiger partial charge >= 0.3 is 25.7 Å². The molecule has 0 aliphatic carbocycles. The molecule has 0 saturated heterocycles. The maximum Gasteiger partial charge on any atom is 0.472 e. The zero-order chi connectivity index (χ0) is 51.3. The van der Waals surface area contributed by atoms with Crippen LogP contribution in [0, 0.1) is 0 Å². The van der Waals surface area contributed by atoms with Crippen LogP contribution < -0.4 is 0 Å². The number of aliphatic hydroxyl groups is 1. The Hall–Kier alpha value is -2.82. The Morgan fingerprint density at radius 3 is 1.16 bits per heavy atom. The van der Waals surface area contributed by atoms with Gasteiger partial charge in [0, 0.05) is 19.3 Å². The van der Waals surface area contributed by atoms with Crippen molar-refractivity contribution in [2.45, 2.75) is 264 Å². The summed E-state index contributed by atoms with van der Waals surface area (Å²) in [5.41, 5.74) is 0. The quantitative estimate of drug-likeness (QED) is 0.0197. The van der Waals surface area contributed by atoms with Crippen LogP contribution in [0.5, 0.6) is 0 Å². The molecule has 11 nitrogen and oxygen atoms in total. The number of hydrogen-bond acceptors (Lipinski definition) is 10. The summed E-state index contributed by atoms with van der Waals surface area (Å²) in [6.07, 6.45) is 56.1. The molecule has 12 heteroatoms. The Morgan fingerprint density at radius 2 is 0.743 bits per heavy atom. The normalized spacial score (nSPS) is 13.8. The monoisotopic (exact) mass is 1010 g/mol. The van der Waals surface area contributed by atoms with Crippen molar-refractivity contribution in [1.82, 2.24) is 0 Å². The standard InChI is InChI=1S/C58H103O11P/c1-4-7-10-13-16-19-21-23-25-26-27-28-30-32-34-37-40-43-46-49-58(62)69-55(51-65-56(60)47-44-41-38-35-18-15-12-9-6-3)53-67-70(63,64)66-52-54(50-59)68-57(61)48-45-42-39-36-33-31-29-24-22-20-17-14-11-8-5-2/h7,10,16,19,23-25,27-29,54-55,59H,4-6,8-9,11-15,17-18,20-22,26,30-53H2,1-3H3,(H,63,64)/b10-7-,19-16-,25-23-,28-27-,29-24-. The smallest absolute Gasteiger partial charge is 0.462 e. The zero-order valence-electron chi connectivity index (χ0n) is 44.7. The molecule has 0 radical (unpaired) electrons. The molecule has 0 aromatic heterocycles. The molecule has 3 unspecified atom stereocenters. The first-order valence-corrected chi connectivity index (χ1v) is 29.7. The summed E-state index contributed by atoms with van der Waals surface area (Å²) in [7, 11) is -4.75. The maximum absolute atomic E-state index is 12.9. The molecule has 0 bridgehead atoms. The Kier molecular flexibility index (Phi) is 50.4. The van der Waals surface area contributed by atoms with Crippen LogP contribution in [-0.2, 0) is 42.2 Å². The summed E-state index contributed by atoms with van der Waals surface area (Å²) in [6, 6.07) is 0. The van der Waals surface area contributed by atoms with Crippen molar-refractivity contribution in [2.24, 2.45) is 0 Å². The molecule has 0 spiro atoms. The van der Waals surface area contributed by atoms with E-state index in [0.29, 0.717) is 19.3 Å². The summed E-state index contributed by atoms with van der Waals surface area (Å²) < 4.78 is 39.4. The van der Waals surface area contributed by atoms with E-state index in [1.165, 1.54) is 70.6 Å². The maximum atomic E-state index is 12.9. The van der Waals surface area contributed by atoms with Crippen molar-refractivity contribution in [3.63, 3.8) is 0 Å². The summed E-state index contributed by atoms with van der Waals surface area (Å²) >= 11 is 0. The van der Waals surface area contributed by atoms with Crippen molar-refractivity contribution in [2.75, 3.05) is 26.4 Å². The van der Waals surface area contributed by atoms with Gasteiger partial charge in [-0.1, -0.05) is 210 Å². The van der Waals surface area contributed by atoms with Gasteiger partial charge in [0.1, 0.15) is 12.7 Å². The van der Waals surface area contributed by atoms with Gasteiger partial charge in [-0.2, -0.15) is 0 Å². The largest absolute Gasteiger partial charge is 0.472 e. The summed E-state index contributed by atoms with van der Waals surface area (Å²) in [6.45, 7) is 4.49. The second-order valence-electron chi connectivity index (χ2n) is 18.7. The fraction of sp³-hybridized carbons (Fsp3) is 0.776. The Bertz CT molecular complexity index is 1410. The van der Waals surface area contributed by atoms with Crippen LogP contribution in [0.2, 0.25) is 0 Å². The number of hydrogen-bond donors (Lipinski definition) is 2. The van der Waals surface area contributed by atoms with E-state index in [9.17, 15) is 28.9 Å². The lowest BCUT2D eigenvalue weighted by Crippen LogP contribution is -2.30. The van der Waals surface area contributed by atoms with E-state index in [1.807, 2.05) is 0 Å². The van der Waals surface area contributed by atoms with E-state index in [1.54, 1.807) is 0 Å². The predicted molar refractivity (Wildman–Crippen MR) is 288 cm³/mol. The van der Waals surface area contributed by atoms with E-state index in [0.717, 1.165) is 122 Å². The first-order valence-electron chi connectivity index (χ1n) is 28.2. The lowest BCUT2D eigenvalue weighted by atomic mass is 10.1. The molecule has 406 valence electrons. The van der Waals surface area contributed by atoms with Gasteiger partial charge in [-0.3, -0.25) is 23.4 Å². The minimum absolute atomic E-state index is 0.151. The highest BCUT2D eigenvalue weighted by molar-refractivity contribution is 7.47. The third-order valence-electron chi connectivity index (χ3n) is 11.9. The summed E-state index contributed by atoms with van der Waals surface area (Å²) in [5, 5.41) is 9.80. The highest BCUT2D eigenvalue weighted by Gasteiger charge is 2.28. The molecule has 70 heavy (non-hydrogen) atoms. The van der Waals surface area contributed by atoms with Crippen LogP contribution in [0.3, 0.4) is 0 Å². The highest BCUT2D eigenvalue weighted by Crippen LogP contribution is 2.43. The van der Waals surface area contributed by atoms with Crippen LogP contribution in [0.15, 0.2) is 60.8 Å². The average Bonchev–Trinajstić information content (AvgIpc) is 3.35. The predicted octanol–water partition coefficient (Wildman–Crippen LogP) is 16.4. The highest BCUT2D eigenvalue weighted by atomic mass is 31.2. The molecule has 0 aromatic rings. The lowest BCUT2D eigenvalue weighted by Gasteiger charge is -2.21. The first-order chi connectivity index (χ1) is 34.2. The van der Waals surface area contributed by atoms with E-state index in [-0.39, 0.29) is 25.9 Å².